The molecule has 0 bridgehead atoms. The molecule has 0 saturated heterocycles. The first-order valence-electron chi connectivity index (χ1n) is 9.63. The molecule has 1 aromatic heterocycles. The van der Waals surface area contributed by atoms with Crippen LogP contribution in [0.2, 0.25) is 0 Å². The van der Waals surface area contributed by atoms with Crippen molar-refractivity contribution in [3.05, 3.63) is 87.8 Å². The monoisotopic (exact) mass is 436 g/mol. The maximum atomic E-state index is 12.5. The van der Waals surface area contributed by atoms with Crippen molar-refractivity contribution in [2.24, 2.45) is 0 Å². The number of H-pyrrole nitrogens is 1. The molecule has 164 valence electrons. The first-order valence-corrected chi connectivity index (χ1v) is 9.63. The lowest BCUT2D eigenvalue weighted by atomic mass is 10.1. The van der Waals surface area contributed by atoms with Crippen LogP contribution in [-0.4, -0.2) is 34.8 Å². The number of amides is 2. The number of nitrogens with zero attached hydrogens (tertiary/aromatic N) is 1. The lowest BCUT2D eigenvalue weighted by molar-refractivity contribution is 0.0943. The summed E-state index contributed by atoms with van der Waals surface area (Å²) in [4.78, 5) is 46.9. The van der Waals surface area contributed by atoms with Gasteiger partial charge < -0.3 is 20.1 Å². The van der Waals surface area contributed by atoms with Crippen LogP contribution in [0.1, 0.15) is 33.3 Å². The molecule has 0 aliphatic rings. The zero-order valence-corrected chi connectivity index (χ0v) is 17.1. The van der Waals surface area contributed by atoms with Gasteiger partial charge >= 0.3 is 6.16 Å². The first-order chi connectivity index (χ1) is 15.4. The maximum Gasteiger partial charge on any atom is 0.513 e. The second-order valence-electron chi connectivity index (χ2n) is 6.45. The summed E-state index contributed by atoms with van der Waals surface area (Å²) < 4.78 is 9.65. The molecule has 2 aromatic carbocycles. The summed E-state index contributed by atoms with van der Waals surface area (Å²) in [5, 5.41) is 11.3. The van der Waals surface area contributed by atoms with E-state index in [1.165, 1.54) is 36.4 Å². The standard InChI is InChI=1S/C22H20N4O6/c1-2-31-22(30)32-17-8-6-15(7-9-17)20(28)24-16-5-3-4-14(12-16)13-23-21(29)18-10-11-19(27)26-25-18/h3-12H,2,13H2,1H3,(H,23,29)(H,24,28)(H,26,27). The fraction of sp³-hybridized carbons (Fsp3) is 0.136. The summed E-state index contributed by atoms with van der Waals surface area (Å²) in [6.07, 6.45) is -0.815. The van der Waals surface area contributed by atoms with Crippen LogP contribution in [-0.2, 0) is 11.3 Å². The predicted octanol–water partition coefficient (Wildman–Crippen LogP) is 2.49. The number of carbonyl (C=O) groups is 3. The van der Waals surface area contributed by atoms with E-state index in [-0.39, 0.29) is 30.5 Å². The Labute approximate surface area is 182 Å². The number of rotatable bonds is 7. The van der Waals surface area contributed by atoms with E-state index in [1.54, 1.807) is 31.2 Å². The molecule has 0 saturated carbocycles. The third-order valence-electron chi connectivity index (χ3n) is 4.13. The van der Waals surface area contributed by atoms with Gasteiger partial charge in [0, 0.05) is 23.9 Å². The lowest BCUT2D eigenvalue weighted by Gasteiger charge is -2.09. The molecule has 32 heavy (non-hydrogen) atoms. The highest BCUT2D eigenvalue weighted by atomic mass is 16.7. The molecule has 0 unspecified atom stereocenters. The maximum absolute atomic E-state index is 12.5. The molecule has 1 heterocycles. The Morgan fingerprint density at radius 2 is 1.78 bits per heavy atom. The van der Waals surface area contributed by atoms with Gasteiger partial charge in [0.25, 0.3) is 17.4 Å². The summed E-state index contributed by atoms with van der Waals surface area (Å²) in [7, 11) is 0. The van der Waals surface area contributed by atoms with Gasteiger partial charge in [0.2, 0.25) is 0 Å². The predicted molar refractivity (Wildman–Crippen MR) is 115 cm³/mol. The molecule has 10 heteroatoms. The molecular weight excluding hydrogens is 416 g/mol. The number of carbonyl (C=O) groups excluding carboxylic acids is 3. The second kappa shape index (κ2) is 10.5. The number of ether oxygens (including phenoxy) is 2. The fourth-order valence-electron chi connectivity index (χ4n) is 2.62. The highest BCUT2D eigenvalue weighted by Gasteiger charge is 2.10. The van der Waals surface area contributed by atoms with Crippen LogP contribution in [0.4, 0.5) is 10.5 Å². The van der Waals surface area contributed by atoms with Gasteiger partial charge in [-0.1, -0.05) is 12.1 Å². The van der Waals surface area contributed by atoms with E-state index in [9.17, 15) is 19.2 Å². The second-order valence-corrected chi connectivity index (χ2v) is 6.45. The molecule has 0 spiro atoms. The SMILES string of the molecule is CCOC(=O)Oc1ccc(C(=O)Nc2cccc(CNC(=O)c3ccc(=O)[nH]n3)c2)cc1. The highest BCUT2D eigenvalue weighted by molar-refractivity contribution is 6.04. The van der Waals surface area contributed by atoms with Crippen LogP contribution in [0.25, 0.3) is 0 Å². The van der Waals surface area contributed by atoms with E-state index in [1.807, 2.05) is 0 Å². The van der Waals surface area contributed by atoms with Crippen LogP contribution in [0.5, 0.6) is 5.75 Å². The molecule has 10 nitrogen and oxygen atoms in total. The Kier molecular flexibility index (Phi) is 7.31. The quantitative estimate of drug-likeness (QED) is 0.382. The van der Waals surface area contributed by atoms with Crippen LogP contribution >= 0.6 is 0 Å². The van der Waals surface area contributed by atoms with Gasteiger partial charge in [-0.2, -0.15) is 5.10 Å². The Hall–Kier alpha value is -4.47. The van der Waals surface area contributed by atoms with E-state index in [2.05, 4.69) is 20.8 Å². The van der Waals surface area contributed by atoms with Gasteiger partial charge in [-0.25, -0.2) is 9.89 Å². The highest BCUT2D eigenvalue weighted by Crippen LogP contribution is 2.16. The average Bonchev–Trinajstić information content (AvgIpc) is 2.79. The van der Waals surface area contributed by atoms with Crippen LogP contribution in [0, 0.1) is 0 Å². The summed E-state index contributed by atoms with van der Waals surface area (Å²) in [6, 6.07) is 15.5. The van der Waals surface area contributed by atoms with E-state index in [4.69, 9.17) is 9.47 Å². The Morgan fingerprint density at radius 3 is 2.47 bits per heavy atom. The molecule has 0 radical (unpaired) electrons. The molecule has 0 fully saturated rings. The third-order valence-corrected chi connectivity index (χ3v) is 4.13. The van der Waals surface area contributed by atoms with E-state index in [0.717, 1.165) is 5.56 Å². The molecule has 0 atom stereocenters. The summed E-state index contributed by atoms with van der Waals surface area (Å²) in [5.41, 5.74) is 1.34. The van der Waals surface area contributed by atoms with Crippen molar-refractivity contribution in [3.63, 3.8) is 0 Å². The lowest BCUT2D eigenvalue weighted by Crippen LogP contribution is -2.25. The number of hydrogen-bond donors (Lipinski definition) is 3. The van der Waals surface area contributed by atoms with Crippen molar-refractivity contribution in [3.8, 4) is 5.75 Å². The normalized spacial score (nSPS) is 10.2. The molecular formula is C22H20N4O6. The van der Waals surface area contributed by atoms with Gasteiger partial charge in [-0.3, -0.25) is 14.4 Å². The van der Waals surface area contributed by atoms with Gasteiger partial charge in [0.15, 0.2) is 0 Å². The number of aromatic nitrogens is 2. The minimum atomic E-state index is -0.815. The van der Waals surface area contributed by atoms with Crippen molar-refractivity contribution in [1.82, 2.24) is 15.5 Å². The van der Waals surface area contributed by atoms with Crippen molar-refractivity contribution in [2.75, 3.05) is 11.9 Å². The van der Waals surface area contributed by atoms with Gasteiger partial charge in [0.05, 0.1) is 6.61 Å². The topological polar surface area (TPSA) is 139 Å². The van der Waals surface area contributed by atoms with Crippen LogP contribution in [0.15, 0.2) is 65.5 Å². The minimum Gasteiger partial charge on any atom is -0.434 e. The molecule has 3 rings (SSSR count). The van der Waals surface area contributed by atoms with E-state index < -0.39 is 17.6 Å². The van der Waals surface area contributed by atoms with Gasteiger partial charge in [-0.15, -0.1) is 0 Å². The number of anilines is 1. The van der Waals surface area contributed by atoms with Crippen LogP contribution in [0.3, 0.4) is 0 Å². The average molecular weight is 436 g/mol. The number of hydrogen-bond acceptors (Lipinski definition) is 7. The summed E-state index contributed by atoms with van der Waals surface area (Å²) in [6.45, 7) is 2.07. The zero-order chi connectivity index (χ0) is 22.9. The van der Waals surface area contributed by atoms with Crippen molar-refractivity contribution in [2.45, 2.75) is 13.5 Å². The summed E-state index contributed by atoms with van der Waals surface area (Å²) in [5.74, 6) is -0.540. The smallest absolute Gasteiger partial charge is 0.434 e. The van der Waals surface area contributed by atoms with Gasteiger partial charge in [0.1, 0.15) is 11.4 Å². The Morgan fingerprint density at radius 1 is 1.00 bits per heavy atom. The molecule has 2 amide bonds. The Balaban J connectivity index is 1.57. The van der Waals surface area contributed by atoms with Crippen molar-refractivity contribution >= 4 is 23.7 Å². The van der Waals surface area contributed by atoms with Crippen molar-refractivity contribution < 1.29 is 23.9 Å². The number of benzene rings is 2. The fourth-order valence-corrected chi connectivity index (χ4v) is 2.62. The minimum absolute atomic E-state index is 0.0874. The Bertz CT molecular complexity index is 1150. The molecule has 3 N–H and O–H groups in total. The molecule has 0 aliphatic carbocycles. The molecule has 3 aromatic rings. The third kappa shape index (κ3) is 6.26. The molecule has 0 aliphatic heterocycles. The summed E-state index contributed by atoms with van der Waals surface area (Å²) >= 11 is 0. The zero-order valence-electron chi connectivity index (χ0n) is 17.1. The van der Waals surface area contributed by atoms with Gasteiger partial charge in [-0.05, 0) is 55.0 Å². The number of nitrogens with one attached hydrogen (secondary N) is 3. The first kappa shape index (κ1) is 22.2. The number of aromatic amines is 1. The van der Waals surface area contributed by atoms with Crippen LogP contribution < -0.4 is 20.9 Å². The van der Waals surface area contributed by atoms with Crippen molar-refractivity contribution in [1.29, 1.82) is 0 Å². The van der Waals surface area contributed by atoms with E-state index in [0.29, 0.717) is 11.3 Å². The van der Waals surface area contributed by atoms with E-state index >= 15 is 0 Å². The largest absolute Gasteiger partial charge is 0.513 e.